The van der Waals surface area contributed by atoms with Crippen LogP contribution in [0.2, 0.25) is 5.02 Å². The summed E-state index contributed by atoms with van der Waals surface area (Å²) in [5.74, 6) is 0.785. The van der Waals surface area contributed by atoms with E-state index >= 15 is 0 Å². The zero-order valence-electron chi connectivity index (χ0n) is 21.5. The van der Waals surface area contributed by atoms with Crippen molar-refractivity contribution in [1.29, 1.82) is 0 Å². The van der Waals surface area contributed by atoms with Crippen LogP contribution in [0.5, 0.6) is 0 Å². The number of piperidine rings is 1. The maximum absolute atomic E-state index is 6.93. The predicted molar refractivity (Wildman–Crippen MR) is 157 cm³/mol. The number of hydrogen-bond acceptors (Lipinski definition) is 3. The van der Waals surface area contributed by atoms with Crippen molar-refractivity contribution >= 4 is 40.3 Å². The molecule has 37 heavy (non-hydrogen) atoms. The van der Waals surface area contributed by atoms with E-state index in [1.807, 2.05) is 18.3 Å². The molecule has 1 aliphatic carbocycles. The number of thiocarbonyl (C=S) groups is 1. The second kappa shape index (κ2) is 10.7. The van der Waals surface area contributed by atoms with Gasteiger partial charge in [0.2, 0.25) is 0 Å². The van der Waals surface area contributed by atoms with Gasteiger partial charge in [0.15, 0.2) is 5.11 Å². The molecule has 2 aliphatic heterocycles. The molecule has 7 heteroatoms. The van der Waals surface area contributed by atoms with Crippen molar-refractivity contribution < 1.29 is 0 Å². The number of pyridine rings is 1. The molecule has 4 heterocycles. The van der Waals surface area contributed by atoms with Crippen molar-refractivity contribution in [3.63, 3.8) is 0 Å². The zero-order chi connectivity index (χ0) is 25.4. The fourth-order valence-corrected chi connectivity index (χ4v) is 6.98. The average Bonchev–Trinajstić information content (AvgIpc) is 3.55. The van der Waals surface area contributed by atoms with Crippen LogP contribution in [-0.2, 0) is 0 Å². The molecule has 5 nitrogen and oxygen atoms in total. The highest BCUT2D eigenvalue weighted by Crippen LogP contribution is 2.44. The van der Waals surface area contributed by atoms with Crippen molar-refractivity contribution in [3.8, 4) is 0 Å². The van der Waals surface area contributed by atoms with Crippen LogP contribution < -0.4 is 15.1 Å². The molecule has 3 aromatic rings. The summed E-state index contributed by atoms with van der Waals surface area (Å²) < 4.78 is 2.43. The topological polar surface area (TPSA) is 36.3 Å². The molecule has 2 aromatic heterocycles. The monoisotopic (exact) mass is 533 g/mol. The zero-order valence-corrected chi connectivity index (χ0v) is 23.1. The van der Waals surface area contributed by atoms with E-state index in [0.29, 0.717) is 11.2 Å². The number of aromatic nitrogens is 2. The molecule has 0 amide bonds. The fourth-order valence-electron chi connectivity index (χ4n) is 6.34. The third kappa shape index (κ3) is 4.98. The second-order valence-electron chi connectivity index (χ2n) is 11.0. The number of nitrogens with zero attached hydrogens (tertiary/aromatic N) is 4. The SMILES string of the molecule is CC1CCN(c2ccc(N3C(=S)N[C@@H](c4ccccn4)[C@H]3c3ccn(C4CCCCC4)c3)cc2Cl)CC1. The third-order valence-corrected chi connectivity index (χ3v) is 9.12. The number of anilines is 2. The first-order chi connectivity index (χ1) is 18.1. The Hall–Kier alpha value is -2.57. The van der Waals surface area contributed by atoms with Crippen LogP contribution in [0.4, 0.5) is 11.4 Å². The quantitative estimate of drug-likeness (QED) is 0.344. The minimum absolute atomic E-state index is 0.00927. The normalized spacial score (nSPS) is 23.5. The first-order valence-corrected chi connectivity index (χ1v) is 14.6. The van der Waals surface area contributed by atoms with Crippen LogP contribution in [0.3, 0.4) is 0 Å². The van der Waals surface area contributed by atoms with E-state index in [2.05, 4.69) is 69.3 Å². The van der Waals surface area contributed by atoms with Gasteiger partial charge in [0.05, 0.1) is 28.5 Å². The van der Waals surface area contributed by atoms with Gasteiger partial charge in [0, 0.05) is 43.4 Å². The fraction of sp³-hybridized carbons (Fsp3) is 0.467. The Kier molecular flexibility index (Phi) is 7.13. The van der Waals surface area contributed by atoms with E-state index in [1.165, 1.54) is 50.5 Å². The van der Waals surface area contributed by atoms with Crippen LogP contribution in [0, 0.1) is 5.92 Å². The maximum atomic E-state index is 6.93. The molecule has 2 saturated heterocycles. The maximum Gasteiger partial charge on any atom is 0.174 e. The van der Waals surface area contributed by atoms with Crippen LogP contribution in [0.25, 0.3) is 0 Å². The summed E-state index contributed by atoms with van der Waals surface area (Å²) in [4.78, 5) is 9.37. The lowest BCUT2D eigenvalue weighted by atomic mass is 9.95. The minimum atomic E-state index is -0.0436. The Bertz CT molecular complexity index is 1230. The Morgan fingerprint density at radius 1 is 1.00 bits per heavy atom. The summed E-state index contributed by atoms with van der Waals surface area (Å²) in [6.07, 6.45) is 15.4. The lowest BCUT2D eigenvalue weighted by molar-refractivity contribution is 0.353. The molecule has 0 unspecified atom stereocenters. The predicted octanol–water partition coefficient (Wildman–Crippen LogP) is 7.46. The standard InChI is InChI=1S/C30H36ClN5S/c1-21-12-16-34(17-13-21)27-11-10-24(19-25(27)31)36-29(28(33-30(36)37)26-9-5-6-15-32-26)22-14-18-35(20-22)23-7-3-2-4-8-23/h5-6,9-11,14-15,18-21,23,28-29H,2-4,7-8,12-13,16-17H2,1H3,(H,33,37)/t28-,29+/m0/s1. The number of rotatable bonds is 5. The lowest BCUT2D eigenvalue weighted by Crippen LogP contribution is -2.33. The lowest BCUT2D eigenvalue weighted by Gasteiger charge is -2.33. The van der Waals surface area contributed by atoms with Crippen molar-refractivity contribution in [2.24, 2.45) is 5.92 Å². The summed E-state index contributed by atoms with van der Waals surface area (Å²) in [7, 11) is 0. The molecular weight excluding hydrogens is 498 g/mol. The molecular formula is C30H36ClN5S. The molecule has 2 atom stereocenters. The molecule has 6 rings (SSSR count). The van der Waals surface area contributed by atoms with E-state index in [-0.39, 0.29) is 12.1 Å². The smallest absolute Gasteiger partial charge is 0.174 e. The second-order valence-corrected chi connectivity index (χ2v) is 11.8. The van der Waals surface area contributed by atoms with Crippen LogP contribution >= 0.6 is 23.8 Å². The Morgan fingerprint density at radius 2 is 1.81 bits per heavy atom. The highest BCUT2D eigenvalue weighted by molar-refractivity contribution is 7.80. The van der Waals surface area contributed by atoms with Crippen molar-refractivity contribution in [1.82, 2.24) is 14.9 Å². The van der Waals surface area contributed by atoms with Crippen molar-refractivity contribution in [2.45, 2.75) is 70.0 Å². The van der Waals surface area contributed by atoms with Gasteiger partial charge < -0.3 is 19.7 Å². The van der Waals surface area contributed by atoms with Gasteiger partial charge in [-0.15, -0.1) is 0 Å². The molecule has 0 spiro atoms. The summed E-state index contributed by atoms with van der Waals surface area (Å²) in [5, 5.41) is 5.09. The summed E-state index contributed by atoms with van der Waals surface area (Å²) >= 11 is 12.9. The van der Waals surface area contributed by atoms with Crippen LogP contribution in [0.1, 0.15) is 81.3 Å². The molecule has 0 bridgehead atoms. The molecule has 0 radical (unpaired) electrons. The summed E-state index contributed by atoms with van der Waals surface area (Å²) in [5.41, 5.74) is 4.38. The van der Waals surface area contributed by atoms with Gasteiger partial charge in [-0.25, -0.2) is 0 Å². The van der Waals surface area contributed by atoms with E-state index in [1.54, 1.807) is 0 Å². The van der Waals surface area contributed by atoms with E-state index in [0.717, 1.165) is 41.1 Å². The van der Waals surface area contributed by atoms with Crippen LogP contribution in [-0.4, -0.2) is 27.8 Å². The number of halogens is 1. The van der Waals surface area contributed by atoms with Gasteiger partial charge in [-0.2, -0.15) is 0 Å². The van der Waals surface area contributed by atoms with Gasteiger partial charge in [-0.3, -0.25) is 4.98 Å². The molecule has 1 aromatic carbocycles. The number of nitrogens with one attached hydrogen (secondary N) is 1. The summed E-state index contributed by atoms with van der Waals surface area (Å²) in [6.45, 7) is 4.45. The molecule has 1 saturated carbocycles. The van der Waals surface area contributed by atoms with Gasteiger partial charge >= 0.3 is 0 Å². The van der Waals surface area contributed by atoms with Gasteiger partial charge in [-0.1, -0.05) is 43.9 Å². The molecule has 3 aliphatic rings. The molecule has 3 fully saturated rings. The molecule has 194 valence electrons. The van der Waals surface area contributed by atoms with Gasteiger partial charge in [0.25, 0.3) is 0 Å². The van der Waals surface area contributed by atoms with Crippen molar-refractivity contribution in [2.75, 3.05) is 22.9 Å². The first-order valence-electron chi connectivity index (χ1n) is 13.8. The average molecular weight is 534 g/mol. The molecule has 1 N–H and O–H groups in total. The van der Waals surface area contributed by atoms with E-state index < -0.39 is 0 Å². The van der Waals surface area contributed by atoms with E-state index in [4.69, 9.17) is 28.8 Å². The Labute approximate surface area is 230 Å². The number of hydrogen-bond donors (Lipinski definition) is 1. The van der Waals surface area contributed by atoms with Gasteiger partial charge in [-0.05, 0) is 85.8 Å². The van der Waals surface area contributed by atoms with Crippen LogP contribution in [0.15, 0.2) is 61.1 Å². The highest BCUT2D eigenvalue weighted by atomic mass is 35.5. The van der Waals surface area contributed by atoms with E-state index in [9.17, 15) is 0 Å². The summed E-state index contributed by atoms with van der Waals surface area (Å²) in [6, 6.07) is 15.3. The largest absolute Gasteiger partial charge is 0.370 e. The number of benzene rings is 1. The third-order valence-electron chi connectivity index (χ3n) is 8.51. The highest BCUT2D eigenvalue weighted by Gasteiger charge is 2.41. The Morgan fingerprint density at radius 3 is 2.54 bits per heavy atom. The first kappa shape index (κ1) is 24.7. The Balaban J connectivity index is 1.35. The van der Waals surface area contributed by atoms with Crippen molar-refractivity contribution in [3.05, 3.63) is 77.3 Å². The minimum Gasteiger partial charge on any atom is -0.370 e. The van der Waals surface area contributed by atoms with Gasteiger partial charge in [0.1, 0.15) is 0 Å².